The largest absolute Gasteiger partial charge is 0.487 e. The fourth-order valence-corrected chi connectivity index (χ4v) is 3.39. The quantitative estimate of drug-likeness (QED) is 0.833. The average Bonchev–Trinajstić information content (AvgIpc) is 2.98. The molecule has 0 aliphatic heterocycles. The van der Waals surface area contributed by atoms with Crippen LogP contribution < -0.4 is 4.74 Å². The van der Waals surface area contributed by atoms with Gasteiger partial charge in [0.15, 0.2) is 0 Å². The summed E-state index contributed by atoms with van der Waals surface area (Å²) in [6.45, 7) is 3.49. The highest BCUT2D eigenvalue weighted by atomic mass is 19.4. The molecule has 26 heavy (non-hydrogen) atoms. The molecule has 1 aliphatic rings. The van der Waals surface area contributed by atoms with Gasteiger partial charge in [-0.2, -0.15) is 13.2 Å². The minimum atomic E-state index is -4.62. The molecule has 0 aromatic heterocycles. The van der Waals surface area contributed by atoms with Gasteiger partial charge in [0.05, 0.1) is 11.1 Å². The number of halogens is 3. The van der Waals surface area contributed by atoms with Gasteiger partial charge in [-0.15, -0.1) is 0 Å². The van der Waals surface area contributed by atoms with Gasteiger partial charge < -0.3 is 9.84 Å². The van der Waals surface area contributed by atoms with E-state index in [0.717, 1.165) is 18.2 Å². The first-order valence-electron chi connectivity index (χ1n) is 8.28. The zero-order chi connectivity index (χ0) is 19.1. The first-order chi connectivity index (χ1) is 12.1. The monoisotopic (exact) mass is 364 g/mol. The van der Waals surface area contributed by atoms with E-state index in [2.05, 4.69) is 0 Å². The van der Waals surface area contributed by atoms with Gasteiger partial charge in [0.25, 0.3) is 0 Å². The Balaban J connectivity index is 1.92. The fourth-order valence-electron chi connectivity index (χ4n) is 3.39. The summed E-state index contributed by atoms with van der Waals surface area (Å²) in [4.78, 5) is 11.1. The van der Waals surface area contributed by atoms with Crippen molar-refractivity contribution in [2.45, 2.75) is 38.5 Å². The Morgan fingerprint density at radius 1 is 1.08 bits per heavy atom. The van der Waals surface area contributed by atoms with E-state index in [1.54, 1.807) is 13.8 Å². The second-order valence-corrected chi connectivity index (χ2v) is 7.09. The minimum Gasteiger partial charge on any atom is -0.487 e. The van der Waals surface area contributed by atoms with Crippen LogP contribution >= 0.6 is 0 Å². The van der Waals surface area contributed by atoms with Crippen LogP contribution in [-0.2, 0) is 19.0 Å². The maximum Gasteiger partial charge on any atom is 0.419 e. The van der Waals surface area contributed by atoms with Crippen molar-refractivity contribution in [2.24, 2.45) is 5.92 Å². The van der Waals surface area contributed by atoms with Gasteiger partial charge in [-0.05, 0) is 56.0 Å². The van der Waals surface area contributed by atoms with Crippen LogP contribution in [0.5, 0.6) is 5.75 Å². The number of carboxylic acids is 1. The molecule has 0 unspecified atom stereocenters. The lowest BCUT2D eigenvalue weighted by Crippen LogP contribution is -2.38. The topological polar surface area (TPSA) is 46.5 Å². The maximum absolute atomic E-state index is 13.3. The number of hydrogen-bond donors (Lipinski definition) is 1. The van der Waals surface area contributed by atoms with Crippen LogP contribution in [0.3, 0.4) is 0 Å². The van der Waals surface area contributed by atoms with Gasteiger partial charge in [-0.1, -0.05) is 24.3 Å². The third kappa shape index (κ3) is 3.54. The molecule has 138 valence electrons. The highest BCUT2D eigenvalue weighted by Gasteiger charge is 2.40. The molecule has 3 nitrogen and oxygen atoms in total. The van der Waals surface area contributed by atoms with Crippen molar-refractivity contribution in [2.75, 3.05) is 0 Å². The summed E-state index contributed by atoms with van der Waals surface area (Å²) in [5.74, 6) is -1.75. The van der Waals surface area contributed by atoms with Gasteiger partial charge in [-0.3, -0.25) is 0 Å². The predicted octanol–water partition coefficient (Wildman–Crippen LogP) is 4.98. The zero-order valence-electron chi connectivity index (χ0n) is 14.4. The van der Waals surface area contributed by atoms with E-state index >= 15 is 0 Å². The highest BCUT2D eigenvalue weighted by molar-refractivity contribution is 5.88. The molecule has 1 aliphatic carbocycles. The Bertz CT molecular complexity index is 815. The van der Waals surface area contributed by atoms with Gasteiger partial charge in [0, 0.05) is 5.92 Å². The van der Waals surface area contributed by atoms with E-state index < -0.39 is 29.1 Å². The van der Waals surface area contributed by atoms with Crippen LogP contribution in [0.2, 0.25) is 0 Å². The summed E-state index contributed by atoms with van der Waals surface area (Å²) in [5, 5.41) is 9.09. The smallest absolute Gasteiger partial charge is 0.419 e. The van der Waals surface area contributed by atoms with E-state index in [-0.39, 0.29) is 11.5 Å². The fraction of sp³-hybridized carbons (Fsp3) is 0.350. The summed E-state index contributed by atoms with van der Waals surface area (Å²) in [6, 6.07) is 10.6. The summed E-state index contributed by atoms with van der Waals surface area (Å²) >= 11 is 0. The Hall–Kier alpha value is -2.50. The van der Waals surface area contributed by atoms with Gasteiger partial charge in [0.1, 0.15) is 11.4 Å². The van der Waals surface area contributed by atoms with E-state index in [1.807, 2.05) is 24.3 Å². The van der Waals surface area contributed by atoms with Crippen molar-refractivity contribution in [1.82, 2.24) is 0 Å². The van der Waals surface area contributed by atoms with E-state index in [1.165, 1.54) is 11.1 Å². The standard InChI is InChI=1S/C20H19F3O3/c1-19(2,15-9-12-5-3-4-6-13(12)10-15)26-17-11-14(18(24)25)7-8-16(17)20(21,22)23/h3-8,11,15H,9-10H2,1-2H3,(H,24,25). The highest BCUT2D eigenvalue weighted by Crippen LogP contribution is 2.41. The molecule has 0 saturated carbocycles. The van der Waals surface area contributed by atoms with Gasteiger partial charge >= 0.3 is 12.1 Å². The molecule has 0 fully saturated rings. The molecule has 0 bridgehead atoms. The molecule has 2 aromatic rings. The number of rotatable bonds is 4. The molecule has 0 saturated heterocycles. The van der Waals surface area contributed by atoms with Crippen molar-refractivity contribution in [1.29, 1.82) is 0 Å². The molecule has 0 heterocycles. The molecule has 0 spiro atoms. The Morgan fingerprint density at radius 3 is 2.15 bits per heavy atom. The van der Waals surface area contributed by atoms with E-state index in [4.69, 9.17) is 9.84 Å². The number of aromatic carboxylic acids is 1. The van der Waals surface area contributed by atoms with Gasteiger partial charge in [-0.25, -0.2) is 4.79 Å². The van der Waals surface area contributed by atoms with Crippen molar-refractivity contribution < 1.29 is 27.8 Å². The molecule has 0 amide bonds. The number of ether oxygens (including phenoxy) is 1. The number of alkyl halides is 3. The molecular formula is C20H19F3O3. The summed E-state index contributed by atoms with van der Waals surface area (Å²) < 4.78 is 45.7. The minimum absolute atomic E-state index is 0.00512. The van der Waals surface area contributed by atoms with Crippen molar-refractivity contribution in [3.8, 4) is 5.75 Å². The van der Waals surface area contributed by atoms with Crippen LogP contribution in [0.15, 0.2) is 42.5 Å². The predicted molar refractivity (Wildman–Crippen MR) is 90.5 cm³/mol. The number of carbonyl (C=O) groups is 1. The number of carboxylic acid groups (broad SMARTS) is 1. The summed E-state index contributed by atoms with van der Waals surface area (Å²) in [5.41, 5.74) is 0.245. The maximum atomic E-state index is 13.3. The van der Waals surface area contributed by atoms with Crippen LogP contribution in [0, 0.1) is 5.92 Å². The van der Waals surface area contributed by atoms with Gasteiger partial charge in [0.2, 0.25) is 0 Å². The molecule has 1 N–H and O–H groups in total. The Morgan fingerprint density at radius 2 is 1.65 bits per heavy atom. The van der Waals surface area contributed by atoms with Crippen molar-refractivity contribution in [3.05, 3.63) is 64.7 Å². The first-order valence-corrected chi connectivity index (χ1v) is 8.28. The third-order valence-electron chi connectivity index (χ3n) is 4.94. The Kier molecular flexibility index (Phi) is 4.46. The first kappa shape index (κ1) is 18.3. The van der Waals surface area contributed by atoms with E-state index in [0.29, 0.717) is 12.8 Å². The number of hydrogen-bond acceptors (Lipinski definition) is 2. The molecule has 6 heteroatoms. The lowest BCUT2D eigenvalue weighted by molar-refractivity contribution is -0.140. The molecule has 2 aromatic carbocycles. The summed E-state index contributed by atoms with van der Waals surface area (Å²) in [6.07, 6.45) is -3.20. The summed E-state index contributed by atoms with van der Waals surface area (Å²) in [7, 11) is 0. The zero-order valence-corrected chi connectivity index (χ0v) is 14.4. The average molecular weight is 364 g/mol. The number of fused-ring (bicyclic) bond motifs is 1. The normalized spacial score (nSPS) is 15.0. The van der Waals surface area contributed by atoms with Crippen LogP contribution in [0.4, 0.5) is 13.2 Å². The Labute approximate surface area is 149 Å². The number of benzene rings is 2. The second kappa shape index (κ2) is 6.34. The van der Waals surface area contributed by atoms with Crippen molar-refractivity contribution >= 4 is 5.97 Å². The molecule has 3 rings (SSSR count). The SMILES string of the molecule is CC(C)(Oc1cc(C(=O)O)ccc1C(F)(F)F)C1Cc2ccccc2C1. The van der Waals surface area contributed by atoms with E-state index in [9.17, 15) is 18.0 Å². The lowest BCUT2D eigenvalue weighted by atomic mass is 9.88. The molecule has 0 radical (unpaired) electrons. The van der Waals surface area contributed by atoms with Crippen LogP contribution in [0.1, 0.15) is 40.9 Å². The lowest BCUT2D eigenvalue weighted by Gasteiger charge is -2.33. The van der Waals surface area contributed by atoms with Crippen LogP contribution in [0.25, 0.3) is 0 Å². The second-order valence-electron chi connectivity index (χ2n) is 7.09. The third-order valence-corrected chi connectivity index (χ3v) is 4.94. The van der Waals surface area contributed by atoms with Crippen molar-refractivity contribution in [3.63, 3.8) is 0 Å². The molecular weight excluding hydrogens is 345 g/mol. The molecule has 0 atom stereocenters. The van der Waals surface area contributed by atoms with Crippen LogP contribution in [-0.4, -0.2) is 16.7 Å².